The normalized spacial score (nSPS) is 10.2. The minimum atomic E-state index is -1.12. The molecule has 1 aromatic rings. The topological polar surface area (TPSA) is 94.8 Å². The second-order valence-corrected chi connectivity index (χ2v) is 4.71. The maximum absolute atomic E-state index is 12.2. The molecular weight excluding hydrogens is 302 g/mol. The van der Waals surface area contributed by atoms with E-state index in [2.05, 4.69) is 6.58 Å². The molecule has 0 fully saturated rings. The van der Waals surface area contributed by atoms with Crippen LogP contribution in [0.5, 0.6) is 0 Å². The number of carboxylic acids is 1. The fraction of sp³-hybridized carbons (Fsp3) is 0.438. The van der Waals surface area contributed by atoms with E-state index in [-0.39, 0.29) is 36.7 Å². The number of nitrogens with zero attached hydrogens (tertiary/aromatic N) is 1. The summed E-state index contributed by atoms with van der Waals surface area (Å²) in [6.07, 6.45) is 1.10. The SMILES string of the molecule is C=CCn1c(CC(=O)O)c(C(=O)OCC)c(C)c1C(=O)OCC. The Kier molecular flexibility index (Phi) is 6.56. The standard InChI is InChI=1S/C16H21NO6/c1-5-8-17-11(9-12(18)19)13(15(20)22-6-2)10(4)14(17)16(21)23-7-3/h5H,1,6-9H2,2-4H3,(H,18,19). The number of carbonyl (C=O) groups is 3. The van der Waals surface area contributed by atoms with Crippen LogP contribution in [0, 0.1) is 6.92 Å². The van der Waals surface area contributed by atoms with Crippen LogP contribution < -0.4 is 0 Å². The van der Waals surface area contributed by atoms with Gasteiger partial charge in [0, 0.05) is 12.2 Å². The van der Waals surface area contributed by atoms with Crippen molar-refractivity contribution >= 4 is 17.9 Å². The predicted octanol–water partition coefficient (Wildman–Crippen LogP) is 1.96. The lowest BCUT2D eigenvalue weighted by Crippen LogP contribution is -2.16. The largest absolute Gasteiger partial charge is 0.481 e. The molecule has 1 N–H and O–H groups in total. The second-order valence-electron chi connectivity index (χ2n) is 4.71. The van der Waals surface area contributed by atoms with Gasteiger partial charge in [-0.2, -0.15) is 0 Å². The molecule has 0 atom stereocenters. The molecule has 0 unspecified atom stereocenters. The van der Waals surface area contributed by atoms with Gasteiger partial charge in [0.1, 0.15) is 5.69 Å². The first-order chi connectivity index (χ1) is 10.9. The summed E-state index contributed by atoms with van der Waals surface area (Å²) in [5, 5.41) is 9.13. The number of hydrogen-bond acceptors (Lipinski definition) is 5. The van der Waals surface area contributed by atoms with Gasteiger partial charge < -0.3 is 19.1 Å². The molecular formula is C16H21NO6. The molecule has 0 bridgehead atoms. The first-order valence-electron chi connectivity index (χ1n) is 7.27. The van der Waals surface area contributed by atoms with Crippen molar-refractivity contribution in [2.75, 3.05) is 13.2 Å². The third-order valence-corrected chi connectivity index (χ3v) is 3.19. The van der Waals surface area contributed by atoms with E-state index in [1.54, 1.807) is 20.8 Å². The Hall–Kier alpha value is -2.57. The highest BCUT2D eigenvalue weighted by Crippen LogP contribution is 2.25. The van der Waals surface area contributed by atoms with Crippen LogP contribution in [-0.4, -0.2) is 40.8 Å². The van der Waals surface area contributed by atoms with Crippen molar-refractivity contribution in [1.82, 2.24) is 4.57 Å². The maximum Gasteiger partial charge on any atom is 0.355 e. The zero-order valence-corrected chi connectivity index (χ0v) is 13.5. The van der Waals surface area contributed by atoms with Crippen LogP contribution in [0.3, 0.4) is 0 Å². The van der Waals surface area contributed by atoms with E-state index in [9.17, 15) is 14.4 Å². The number of esters is 2. The maximum atomic E-state index is 12.2. The zero-order valence-electron chi connectivity index (χ0n) is 13.5. The number of rotatable bonds is 8. The van der Waals surface area contributed by atoms with Crippen LogP contribution >= 0.6 is 0 Å². The first kappa shape index (κ1) is 18.5. The summed E-state index contributed by atoms with van der Waals surface area (Å²) in [4.78, 5) is 35.6. The summed E-state index contributed by atoms with van der Waals surface area (Å²) in [6, 6.07) is 0. The molecule has 0 amide bonds. The van der Waals surface area contributed by atoms with Crippen LogP contribution in [0.25, 0.3) is 0 Å². The highest BCUT2D eigenvalue weighted by atomic mass is 16.5. The van der Waals surface area contributed by atoms with E-state index >= 15 is 0 Å². The van der Waals surface area contributed by atoms with Crippen LogP contribution in [0.4, 0.5) is 0 Å². The summed E-state index contributed by atoms with van der Waals surface area (Å²) in [7, 11) is 0. The van der Waals surface area contributed by atoms with Gasteiger partial charge >= 0.3 is 17.9 Å². The smallest absolute Gasteiger partial charge is 0.355 e. The number of ether oxygens (including phenoxy) is 2. The quantitative estimate of drug-likeness (QED) is 0.580. The van der Waals surface area contributed by atoms with Gasteiger partial charge in [0.25, 0.3) is 0 Å². The molecule has 0 radical (unpaired) electrons. The Morgan fingerprint density at radius 1 is 1.17 bits per heavy atom. The number of aliphatic carboxylic acids is 1. The van der Waals surface area contributed by atoms with Gasteiger partial charge in [0.15, 0.2) is 0 Å². The Bertz CT molecular complexity index is 629. The van der Waals surface area contributed by atoms with E-state index in [1.807, 2.05) is 0 Å². The molecule has 1 heterocycles. The van der Waals surface area contributed by atoms with Crippen LogP contribution in [0.2, 0.25) is 0 Å². The summed E-state index contributed by atoms with van der Waals surface area (Å²) < 4.78 is 11.5. The van der Waals surface area contributed by atoms with Gasteiger partial charge in [-0.25, -0.2) is 9.59 Å². The fourth-order valence-corrected chi connectivity index (χ4v) is 2.40. The monoisotopic (exact) mass is 323 g/mol. The van der Waals surface area contributed by atoms with Crippen LogP contribution in [-0.2, 0) is 27.2 Å². The molecule has 7 heteroatoms. The molecule has 0 spiro atoms. The average Bonchev–Trinajstić information content (AvgIpc) is 2.71. The lowest BCUT2D eigenvalue weighted by Gasteiger charge is -2.10. The third kappa shape index (κ3) is 4.00. The number of carboxylic acid groups (broad SMARTS) is 1. The molecule has 0 aromatic carbocycles. The molecule has 126 valence electrons. The molecule has 0 aliphatic rings. The number of allylic oxidation sites excluding steroid dienone is 1. The van der Waals surface area contributed by atoms with Crippen molar-refractivity contribution in [2.45, 2.75) is 33.7 Å². The highest BCUT2D eigenvalue weighted by Gasteiger charge is 2.30. The number of hydrogen-bond donors (Lipinski definition) is 1. The minimum Gasteiger partial charge on any atom is -0.481 e. The van der Waals surface area contributed by atoms with Gasteiger partial charge in [-0.05, 0) is 26.3 Å². The Labute approximate surface area is 134 Å². The summed E-state index contributed by atoms with van der Waals surface area (Å²) >= 11 is 0. The van der Waals surface area contributed by atoms with E-state index in [1.165, 1.54) is 10.6 Å². The van der Waals surface area contributed by atoms with Crippen LogP contribution in [0.1, 0.15) is 46.0 Å². The van der Waals surface area contributed by atoms with E-state index in [0.717, 1.165) is 0 Å². The molecule has 23 heavy (non-hydrogen) atoms. The third-order valence-electron chi connectivity index (χ3n) is 3.19. The molecule has 0 saturated heterocycles. The van der Waals surface area contributed by atoms with Crippen LogP contribution in [0.15, 0.2) is 12.7 Å². The van der Waals surface area contributed by atoms with E-state index in [0.29, 0.717) is 5.56 Å². The van der Waals surface area contributed by atoms with Gasteiger partial charge in [0.05, 0.1) is 25.2 Å². The lowest BCUT2D eigenvalue weighted by molar-refractivity contribution is -0.136. The van der Waals surface area contributed by atoms with Crippen molar-refractivity contribution in [2.24, 2.45) is 0 Å². The summed E-state index contributed by atoms with van der Waals surface area (Å²) in [5.41, 5.74) is 0.793. The van der Waals surface area contributed by atoms with Crippen molar-refractivity contribution in [3.63, 3.8) is 0 Å². The zero-order chi connectivity index (χ0) is 17.6. The van der Waals surface area contributed by atoms with E-state index in [4.69, 9.17) is 14.6 Å². The predicted molar refractivity (Wildman–Crippen MR) is 82.6 cm³/mol. The van der Waals surface area contributed by atoms with Gasteiger partial charge in [-0.1, -0.05) is 6.08 Å². The van der Waals surface area contributed by atoms with Gasteiger partial charge in [0.2, 0.25) is 0 Å². The number of aromatic nitrogens is 1. The Balaban J connectivity index is 3.62. The fourth-order valence-electron chi connectivity index (χ4n) is 2.40. The molecule has 0 saturated carbocycles. The molecule has 1 aromatic heterocycles. The van der Waals surface area contributed by atoms with Crippen molar-refractivity contribution in [3.8, 4) is 0 Å². The average molecular weight is 323 g/mol. The minimum absolute atomic E-state index is 0.0964. The highest BCUT2D eigenvalue weighted by molar-refractivity contribution is 5.99. The Morgan fingerprint density at radius 3 is 2.22 bits per heavy atom. The summed E-state index contributed by atoms with van der Waals surface area (Å²) in [6.45, 7) is 8.98. The second kappa shape index (κ2) is 8.17. The van der Waals surface area contributed by atoms with Crippen molar-refractivity contribution < 1.29 is 29.0 Å². The molecule has 0 aliphatic carbocycles. The first-order valence-corrected chi connectivity index (χ1v) is 7.27. The molecule has 1 rings (SSSR count). The molecule has 7 nitrogen and oxygen atoms in total. The van der Waals surface area contributed by atoms with Gasteiger partial charge in [-0.15, -0.1) is 6.58 Å². The lowest BCUT2D eigenvalue weighted by atomic mass is 10.1. The van der Waals surface area contributed by atoms with Crippen molar-refractivity contribution in [3.05, 3.63) is 35.2 Å². The summed E-state index contributed by atoms with van der Waals surface area (Å²) in [5.74, 6) is -2.39. The Morgan fingerprint density at radius 2 is 1.74 bits per heavy atom. The molecule has 0 aliphatic heterocycles. The number of carbonyl (C=O) groups excluding carboxylic acids is 2. The van der Waals surface area contributed by atoms with Gasteiger partial charge in [-0.3, -0.25) is 4.79 Å². The van der Waals surface area contributed by atoms with Crippen molar-refractivity contribution in [1.29, 1.82) is 0 Å². The van der Waals surface area contributed by atoms with E-state index < -0.39 is 24.3 Å².